The van der Waals surface area contributed by atoms with Gasteiger partial charge in [-0.15, -0.1) is 0 Å². The van der Waals surface area contributed by atoms with Crippen LogP contribution >= 0.6 is 0 Å². The van der Waals surface area contributed by atoms with E-state index in [2.05, 4.69) is 15.6 Å². The number of nitrogens with one attached hydrogen (secondary N) is 3. The average molecular weight is 345 g/mol. The Bertz CT molecular complexity index is 844. The van der Waals surface area contributed by atoms with Crippen molar-refractivity contribution in [3.05, 3.63) is 46.4 Å². The summed E-state index contributed by atoms with van der Waals surface area (Å²) in [7, 11) is 0. The molecular formula is C17H19N3O5. The van der Waals surface area contributed by atoms with Gasteiger partial charge in [0.1, 0.15) is 5.69 Å². The monoisotopic (exact) mass is 345 g/mol. The first kappa shape index (κ1) is 18.2. The SMILES string of the molecule is CCCNC(=O)CNC(=O)COC(=O)c1cc2ccccc2c(=O)[nH]1. The zero-order valence-electron chi connectivity index (χ0n) is 13.8. The van der Waals surface area contributed by atoms with Crippen LogP contribution < -0.4 is 16.2 Å². The Hall–Kier alpha value is -3.16. The topological polar surface area (TPSA) is 117 Å². The predicted molar refractivity (Wildman–Crippen MR) is 91.2 cm³/mol. The van der Waals surface area contributed by atoms with Crippen LogP contribution in [0.2, 0.25) is 0 Å². The van der Waals surface area contributed by atoms with Crippen molar-refractivity contribution in [3.8, 4) is 0 Å². The molecular weight excluding hydrogens is 326 g/mol. The molecule has 3 N–H and O–H groups in total. The summed E-state index contributed by atoms with van der Waals surface area (Å²) in [4.78, 5) is 49.3. The molecule has 0 aliphatic rings. The molecule has 8 nitrogen and oxygen atoms in total. The van der Waals surface area contributed by atoms with Crippen molar-refractivity contribution in [3.63, 3.8) is 0 Å². The standard InChI is InChI=1S/C17H19N3O5/c1-2-7-18-14(21)9-19-15(22)10-25-17(24)13-8-11-5-3-4-6-12(11)16(23)20-13/h3-6,8H,2,7,9-10H2,1H3,(H,18,21)(H,19,22)(H,20,23). The number of aromatic amines is 1. The van der Waals surface area contributed by atoms with Crippen LogP contribution in [0.25, 0.3) is 10.8 Å². The molecule has 0 saturated carbocycles. The quantitative estimate of drug-likeness (QED) is 0.625. The van der Waals surface area contributed by atoms with Gasteiger partial charge < -0.3 is 20.4 Å². The molecule has 0 unspecified atom stereocenters. The van der Waals surface area contributed by atoms with Crippen LogP contribution in [0.4, 0.5) is 0 Å². The van der Waals surface area contributed by atoms with Crippen LogP contribution in [-0.2, 0) is 14.3 Å². The second-order valence-electron chi connectivity index (χ2n) is 5.30. The number of pyridine rings is 1. The van der Waals surface area contributed by atoms with Crippen molar-refractivity contribution in [2.45, 2.75) is 13.3 Å². The normalized spacial score (nSPS) is 10.3. The minimum Gasteiger partial charge on any atom is -0.451 e. The van der Waals surface area contributed by atoms with Crippen LogP contribution in [-0.4, -0.2) is 42.5 Å². The fraction of sp³-hybridized carbons (Fsp3) is 0.294. The lowest BCUT2D eigenvalue weighted by atomic mass is 10.1. The van der Waals surface area contributed by atoms with E-state index in [9.17, 15) is 19.2 Å². The van der Waals surface area contributed by atoms with E-state index in [0.717, 1.165) is 6.42 Å². The summed E-state index contributed by atoms with van der Waals surface area (Å²) in [6.07, 6.45) is 0.793. The van der Waals surface area contributed by atoms with E-state index in [1.165, 1.54) is 6.07 Å². The lowest BCUT2D eigenvalue weighted by Crippen LogP contribution is -2.39. The van der Waals surface area contributed by atoms with Gasteiger partial charge in [-0.1, -0.05) is 25.1 Å². The molecule has 0 bridgehead atoms. The molecule has 0 aliphatic carbocycles. The van der Waals surface area contributed by atoms with E-state index in [1.54, 1.807) is 24.3 Å². The van der Waals surface area contributed by atoms with Crippen molar-refractivity contribution in [1.82, 2.24) is 15.6 Å². The van der Waals surface area contributed by atoms with Crippen LogP contribution in [0.5, 0.6) is 0 Å². The Morgan fingerprint density at radius 1 is 1.12 bits per heavy atom. The number of hydrogen-bond donors (Lipinski definition) is 3. The Morgan fingerprint density at radius 3 is 2.64 bits per heavy atom. The number of carbonyl (C=O) groups excluding carboxylic acids is 3. The van der Waals surface area contributed by atoms with Crippen LogP contribution in [0.15, 0.2) is 35.1 Å². The highest BCUT2D eigenvalue weighted by Crippen LogP contribution is 2.10. The summed E-state index contributed by atoms with van der Waals surface area (Å²) in [6, 6.07) is 8.28. The maximum absolute atomic E-state index is 12.0. The lowest BCUT2D eigenvalue weighted by molar-refractivity contribution is -0.127. The van der Waals surface area contributed by atoms with E-state index < -0.39 is 24.0 Å². The number of rotatable bonds is 7. The number of benzene rings is 1. The molecule has 1 aromatic heterocycles. The first-order valence-electron chi connectivity index (χ1n) is 7.84. The van der Waals surface area contributed by atoms with E-state index in [0.29, 0.717) is 17.3 Å². The molecule has 1 heterocycles. The third-order valence-corrected chi connectivity index (χ3v) is 3.33. The lowest BCUT2D eigenvalue weighted by Gasteiger charge is -2.07. The molecule has 2 rings (SSSR count). The number of ether oxygens (including phenoxy) is 1. The summed E-state index contributed by atoms with van der Waals surface area (Å²) in [5, 5.41) is 5.99. The van der Waals surface area contributed by atoms with Crippen molar-refractivity contribution < 1.29 is 19.1 Å². The molecule has 2 amide bonds. The minimum atomic E-state index is -0.826. The van der Waals surface area contributed by atoms with Crippen LogP contribution in [0, 0.1) is 0 Å². The van der Waals surface area contributed by atoms with Crippen molar-refractivity contribution >= 4 is 28.6 Å². The van der Waals surface area contributed by atoms with Gasteiger partial charge in [0, 0.05) is 11.9 Å². The number of amides is 2. The fourth-order valence-corrected chi connectivity index (χ4v) is 2.09. The van der Waals surface area contributed by atoms with Gasteiger partial charge in [-0.05, 0) is 23.9 Å². The highest BCUT2D eigenvalue weighted by atomic mass is 16.5. The number of aromatic nitrogens is 1. The van der Waals surface area contributed by atoms with Crippen molar-refractivity contribution in [1.29, 1.82) is 0 Å². The van der Waals surface area contributed by atoms with Gasteiger partial charge in [0.05, 0.1) is 6.54 Å². The highest BCUT2D eigenvalue weighted by molar-refractivity contribution is 5.94. The van der Waals surface area contributed by atoms with E-state index in [4.69, 9.17) is 4.74 Å². The Balaban J connectivity index is 1.89. The second-order valence-corrected chi connectivity index (χ2v) is 5.30. The van der Waals surface area contributed by atoms with Gasteiger partial charge in [-0.25, -0.2) is 4.79 Å². The second kappa shape index (κ2) is 8.62. The molecule has 2 aromatic rings. The van der Waals surface area contributed by atoms with E-state index in [1.807, 2.05) is 6.92 Å². The van der Waals surface area contributed by atoms with Crippen LogP contribution in [0.3, 0.4) is 0 Å². The van der Waals surface area contributed by atoms with Gasteiger partial charge in [-0.2, -0.15) is 0 Å². The van der Waals surface area contributed by atoms with Gasteiger partial charge in [0.15, 0.2) is 6.61 Å². The highest BCUT2D eigenvalue weighted by Gasteiger charge is 2.13. The molecule has 0 fully saturated rings. The smallest absolute Gasteiger partial charge is 0.355 e. The van der Waals surface area contributed by atoms with Crippen LogP contribution in [0.1, 0.15) is 23.8 Å². The molecule has 25 heavy (non-hydrogen) atoms. The summed E-state index contributed by atoms with van der Waals surface area (Å²) in [5.74, 6) is -1.75. The minimum absolute atomic E-state index is 0.0443. The number of carbonyl (C=O) groups is 3. The molecule has 8 heteroatoms. The molecule has 0 spiro atoms. The molecule has 0 saturated heterocycles. The van der Waals surface area contributed by atoms with Gasteiger partial charge in [0.25, 0.3) is 11.5 Å². The van der Waals surface area contributed by atoms with E-state index >= 15 is 0 Å². The van der Waals surface area contributed by atoms with Gasteiger partial charge >= 0.3 is 5.97 Å². The summed E-state index contributed by atoms with van der Waals surface area (Å²) in [5.41, 5.74) is -0.459. The van der Waals surface area contributed by atoms with E-state index in [-0.39, 0.29) is 18.1 Å². The zero-order chi connectivity index (χ0) is 18.2. The third kappa shape index (κ3) is 5.17. The summed E-state index contributed by atoms with van der Waals surface area (Å²) in [6.45, 7) is 1.70. The molecule has 0 radical (unpaired) electrons. The number of fused-ring (bicyclic) bond motifs is 1. The largest absolute Gasteiger partial charge is 0.451 e. The number of esters is 1. The Kier molecular flexibility index (Phi) is 6.27. The zero-order valence-corrected chi connectivity index (χ0v) is 13.8. The molecule has 0 atom stereocenters. The molecule has 0 aliphatic heterocycles. The molecule has 132 valence electrons. The maximum atomic E-state index is 12.0. The predicted octanol–water partition coefficient (Wildman–Crippen LogP) is 0.327. The molecule has 1 aromatic carbocycles. The Labute approximate surface area is 143 Å². The average Bonchev–Trinajstić information content (AvgIpc) is 2.62. The van der Waals surface area contributed by atoms with Gasteiger partial charge in [-0.3, -0.25) is 14.4 Å². The number of H-pyrrole nitrogens is 1. The van der Waals surface area contributed by atoms with Crippen molar-refractivity contribution in [2.24, 2.45) is 0 Å². The third-order valence-electron chi connectivity index (χ3n) is 3.33. The van der Waals surface area contributed by atoms with Crippen molar-refractivity contribution in [2.75, 3.05) is 19.7 Å². The summed E-state index contributed by atoms with van der Waals surface area (Å²) < 4.78 is 4.85. The fourth-order valence-electron chi connectivity index (χ4n) is 2.09. The maximum Gasteiger partial charge on any atom is 0.355 e. The Morgan fingerprint density at radius 2 is 1.88 bits per heavy atom. The first-order valence-corrected chi connectivity index (χ1v) is 7.84. The first-order chi connectivity index (χ1) is 12.0. The van der Waals surface area contributed by atoms with Gasteiger partial charge in [0.2, 0.25) is 5.91 Å². The number of hydrogen-bond acceptors (Lipinski definition) is 5. The summed E-state index contributed by atoms with van der Waals surface area (Å²) >= 11 is 0.